The Balaban J connectivity index is 2.04. The summed E-state index contributed by atoms with van der Waals surface area (Å²) in [5.41, 5.74) is 4.94. The van der Waals surface area contributed by atoms with E-state index in [0.717, 1.165) is 0 Å². The van der Waals surface area contributed by atoms with Gasteiger partial charge in [-0.05, 0) is 13.3 Å². The first kappa shape index (κ1) is 14.2. The zero-order chi connectivity index (χ0) is 15.4. The number of allylic oxidation sites excluding steroid dienone is 1. The number of hydrogen-bond acceptors (Lipinski definition) is 7. The van der Waals surface area contributed by atoms with Crippen molar-refractivity contribution in [3.05, 3.63) is 27.7 Å². The summed E-state index contributed by atoms with van der Waals surface area (Å²) in [7, 11) is 0. The Kier molecular flexibility index (Phi) is 3.14. The van der Waals surface area contributed by atoms with Crippen molar-refractivity contribution in [3.63, 3.8) is 0 Å². The molecule has 0 spiro atoms. The number of aromatic nitrogens is 2. The summed E-state index contributed by atoms with van der Waals surface area (Å²) < 4.78 is 5.55. The van der Waals surface area contributed by atoms with Crippen LogP contribution in [0.1, 0.15) is 18.2 Å². The predicted molar refractivity (Wildman–Crippen MR) is 73.3 cm³/mol. The van der Waals surface area contributed by atoms with Gasteiger partial charge >= 0.3 is 0 Å². The Bertz CT molecular complexity index is 666. The predicted octanol–water partition coefficient (Wildman–Crippen LogP) is -1.84. The summed E-state index contributed by atoms with van der Waals surface area (Å²) in [5, 5.41) is 29.7. The minimum atomic E-state index is -1.60. The van der Waals surface area contributed by atoms with Gasteiger partial charge in [0.2, 0.25) is 5.95 Å². The van der Waals surface area contributed by atoms with Gasteiger partial charge in [-0.3, -0.25) is 9.78 Å². The van der Waals surface area contributed by atoms with E-state index >= 15 is 0 Å². The Morgan fingerprint density at radius 2 is 2.33 bits per heavy atom. The van der Waals surface area contributed by atoms with Crippen molar-refractivity contribution in [1.82, 2.24) is 9.97 Å². The van der Waals surface area contributed by atoms with E-state index in [1.807, 2.05) is 0 Å². The quantitative estimate of drug-likeness (QED) is 0.431. The number of hydrogen-bond donors (Lipinski definition) is 5. The lowest BCUT2D eigenvalue weighted by Crippen LogP contribution is -2.46. The van der Waals surface area contributed by atoms with Crippen LogP contribution in [0.2, 0.25) is 0 Å². The van der Waals surface area contributed by atoms with Crippen LogP contribution in [-0.4, -0.2) is 55.8 Å². The van der Waals surface area contributed by atoms with Crippen LogP contribution in [0.15, 0.2) is 10.9 Å². The minimum absolute atomic E-state index is 0.0246. The SMILES string of the molecule is C[C@@]1(O)[C@H](O)[C@@H](CO)O[C@H]1C1=CCc2c1nc(N)[nH]c2=O. The molecule has 6 N–H and O–H groups in total. The summed E-state index contributed by atoms with van der Waals surface area (Å²) in [6.07, 6.45) is -0.952. The molecular formula is C13H17N3O5. The number of H-pyrrole nitrogens is 1. The van der Waals surface area contributed by atoms with E-state index in [2.05, 4.69) is 9.97 Å². The van der Waals surface area contributed by atoms with Crippen LogP contribution in [0, 0.1) is 0 Å². The van der Waals surface area contributed by atoms with Crippen molar-refractivity contribution in [1.29, 1.82) is 0 Å². The topological polar surface area (TPSA) is 142 Å². The van der Waals surface area contributed by atoms with E-state index in [1.54, 1.807) is 6.08 Å². The molecule has 1 saturated heterocycles. The number of nitrogens with zero attached hydrogens (tertiary/aromatic N) is 1. The lowest BCUT2D eigenvalue weighted by molar-refractivity contribution is -0.0494. The van der Waals surface area contributed by atoms with Gasteiger partial charge in [0.1, 0.15) is 23.9 Å². The average molecular weight is 295 g/mol. The second-order valence-electron chi connectivity index (χ2n) is 5.55. The van der Waals surface area contributed by atoms with Crippen LogP contribution in [0.3, 0.4) is 0 Å². The van der Waals surface area contributed by atoms with E-state index in [1.165, 1.54) is 6.92 Å². The zero-order valence-electron chi connectivity index (χ0n) is 11.4. The van der Waals surface area contributed by atoms with E-state index in [0.29, 0.717) is 23.3 Å². The maximum absolute atomic E-state index is 11.8. The van der Waals surface area contributed by atoms with Crippen molar-refractivity contribution in [2.75, 3.05) is 12.3 Å². The molecule has 3 rings (SSSR count). The van der Waals surface area contributed by atoms with Crippen molar-refractivity contribution >= 4 is 11.5 Å². The standard InChI is InChI=1S/C13H17N3O5/c1-13(20)9(18)7(4-17)21-10(13)5-2-3-6-8(5)15-12(14)16-11(6)19/h2,7,9-10,17-18,20H,3-4H2,1H3,(H3,14,15,16,19)/t7-,9-,10+,13-/m1/s1. The highest BCUT2D eigenvalue weighted by Crippen LogP contribution is 2.40. The molecule has 0 unspecified atom stereocenters. The highest BCUT2D eigenvalue weighted by Gasteiger charge is 2.54. The molecule has 114 valence electrons. The molecule has 1 aliphatic heterocycles. The van der Waals surface area contributed by atoms with Gasteiger partial charge in [-0.15, -0.1) is 0 Å². The molecule has 1 aliphatic carbocycles. The normalized spacial score (nSPS) is 34.9. The third-order valence-corrected chi connectivity index (χ3v) is 4.09. The van der Waals surface area contributed by atoms with Gasteiger partial charge in [0.25, 0.3) is 5.56 Å². The first-order chi connectivity index (χ1) is 9.86. The Morgan fingerprint density at radius 3 is 2.95 bits per heavy atom. The zero-order valence-corrected chi connectivity index (χ0v) is 11.4. The van der Waals surface area contributed by atoms with Gasteiger partial charge in [0, 0.05) is 11.1 Å². The summed E-state index contributed by atoms with van der Waals surface area (Å²) in [6.45, 7) is 1.01. The lowest BCUT2D eigenvalue weighted by Gasteiger charge is -2.27. The molecule has 8 heteroatoms. The van der Waals surface area contributed by atoms with Gasteiger partial charge in [0.05, 0.1) is 12.3 Å². The van der Waals surface area contributed by atoms with E-state index < -0.39 is 30.5 Å². The number of fused-ring (bicyclic) bond motifs is 1. The number of aliphatic hydroxyl groups excluding tert-OH is 2. The molecule has 1 aromatic heterocycles. The molecule has 0 amide bonds. The molecule has 21 heavy (non-hydrogen) atoms. The van der Waals surface area contributed by atoms with Gasteiger partial charge in [-0.2, -0.15) is 0 Å². The summed E-state index contributed by atoms with van der Waals surface area (Å²) in [4.78, 5) is 18.4. The number of nitrogens with one attached hydrogen (secondary N) is 1. The number of nitrogen functional groups attached to an aromatic ring is 1. The van der Waals surface area contributed by atoms with E-state index in [-0.39, 0.29) is 11.5 Å². The first-order valence-electron chi connectivity index (χ1n) is 6.62. The third kappa shape index (κ3) is 1.99. The fourth-order valence-electron chi connectivity index (χ4n) is 2.93. The molecule has 8 nitrogen and oxygen atoms in total. The number of aliphatic hydroxyl groups is 3. The summed E-state index contributed by atoms with van der Waals surface area (Å²) in [5.74, 6) is -0.0246. The molecular weight excluding hydrogens is 278 g/mol. The van der Waals surface area contributed by atoms with E-state index in [4.69, 9.17) is 10.5 Å². The van der Waals surface area contributed by atoms with Crippen molar-refractivity contribution in [2.24, 2.45) is 0 Å². The monoisotopic (exact) mass is 295 g/mol. The first-order valence-corrected chi connectivity index (χ1v) is 6.62. The van der Waals surface area contributed by atoms with Gasteiger partial charge in [-0.25, -0.2) is 4.98 Å². The molecule has 4 atom stereocenters. The second-order valence-corrected chi connectivity index (χ2v) is 5.55. The number of aromatic amines is 1. The lowest BCUT2D eigenvalue weighted by atomic mass is 9.88. The average Bonchev–Trinajstić information content (AvgIpc) is 2.91. The number of rotatable bonds is 2. The van der Waals surface area contributed by atoms with Crippen LogP contribution >= 0.6 is 0 Å². The summed E-state index contributed by atoms with van der Waals surface area (Å²) >= 11 is 0. The Hall–Kier alpha value is -1.74. The summed E-state index contributed by atoms with van der Waals surface area (Å²) in [6, 6.07) is 0. The molecule has 0 saturated carbocycles. The smallest absolute Gasteiger partial charge is 0.256 e. The maximum Gasteiger partial charge on any atom is 0.256 e. The van der Waals surface area contributed by atoms with E-state index in [9.17, 15) is 20.1 Å². The Morgan fingerprint density at radius 1 is 1.62 bits per heavy atom. The molecule has 0 radical (unpaired) electrons. The number of anilines is 1. The maximum atomic E-state index is 11.8. The van der Waals surface area contributed by atoms with Crippen molar-refractivity contribution in [3.8, 4) is 0 Å². The highest BCUT2D eigenvalue weighted by molar-refractivity contribution is 5.74. The molecule has 2 aliphatic rings. The van der Waals surface area contributed by atoms with Crippen LogP contribution in [0.5, 0.6) is 0 Å². The molecule has 1 aromatic rings. The van der Waals surface area contributed by atoms with Crippen LogP contribution < -0.4 is 11.3 Å². The van der Waals surface area contributed by atoms with Crippen LogP contribution in [0.4, 0.5) is 5.95 Å². The number of ether oxygens (including phenoxy) is 1. The van der Waals surface area contributed by atoms with Crippen molar-refractivity contribution in [2.45, 2.75) is 37.3 Å². The van der Waals surface area contributed by atoms with Gasteiger partial charge < -0.3 is 25.8 Å². The molecule has 0 bridgehead atoms. The third-order valence-electron chi connectivity index (χ3n) is 4.09. The van der Waals surface area contributed by atoms with Gasteiger partial charge in [0.15, 0.2) is 0 Å². The van der Waals surface area contributed by atoms with Gasteiger partial charge in [-0.1, -0.05) is 6.08 Å². The van der Waals surface area contributed by atoms with Crippen molar-refractivity contribution < 1.29 is 20.1 Å². The molecule has 0 aromatic carbocycles. The minimum Gasteiger partial charge on any atom is -0.394 e. The number of nitrogens with two attached hydrogens (primary N) is 1. The highest BCUT2D eigenvalue weighted by atomic mass is 16.6. The van der Waals surface area contributed by atoms with Crippen LogP contribution in [0.25, 0.3) is 5.57 Å². The van der Waals surface area contributed by atoms with Crippen LogP contribution in [-0.2, 0) is 11.2 Å². The largest absolute Gasteiger partial charge is 0.394 e. The fourth-order valence-corrected chi connectivity index (χ4v) is 2.93. The second kappa shape index (κ2) is 4.63. The Labute approximate surface area is 119 Å². The molecule has 2 heterocycles. The fraction of sp³-hybridized carbons (Fsp3) is 0.538. The molecule has 1 fully saturated rings.